The Morgan fingerprint density at radius 2 is 1.37 bits per heavy atom. The molecule has 0 saturated carbocycles. The maximum atomic E-state index is 11.8. The van der Waals surface area contributed by atoms with Crippen LogP contribution in [-0.2, 0) is 20.5 Å². The van der Waals surface area contributed by atoms with Crippen molar-refractivity contribution in [1.29, 1.82) is 0 Å². The zero-order valence-electron chi connectivity index (χ0n) is 14.3. The molecule has 11 heteroatoms. The van der Waals surface area contributed by atoms with Crippen LogP contribution in [0.4, 0.5) is 0 Å². The third-order valence-electron chi connectivity index (χ3n) is 3.60. The average Bonchev–Trinajstić information content (AvgIpc) is 2.59. The highest BCUT2D eigenvalue weighted by Gasteiger charge is 2.63. The van der Waals surface area contributed by atoms with E-state index in [4.69, 9.17) is 9.47 Å². The number of methoxy groups -OCH3 is 1. The summed E-state index contributed by atoms with van der Waals surface area (Å²) in [5.41, 5.74) is 0.944. The molecule has 0 aliphatic carbocycles. The lowest BCUT2D eigenvalue weighted by Crippen LogP contribution is -2.40. The fraction of sp³-hybridized carbons (Fsp3) is 0.250. The van der Waals surface area contributed by atoms with Crippen molar-refractivity contribution in [2.75, 3.05) is 13.7 Å². The monoisotopic (exact) mass is 418 g/mol. The van der Waals surface area contributed by atoms with Crippen LogP contribution in [0, 0.1) is 0 Å². The van der Waals surface area contributed by atoms with Crippen LogP contribution in [0.15, 0.2) is 54.6 Å². The topological polar surface area (TPSA) is 143 Å². The van der Waals surface area contributed by atoms with E-state index in [1.165, 1.54) is 24.3 Å². The van der Waals surface area contributed by atoms with Gasteiger partial charge in [0.2, 0.25) is 0 Å². The van der Waals surface area contributed by atoms with E-state index in [0.717, 1.165) is 12.7 Å². The summed E-state index contributed by atoms with van der Waals surface area (Å²) < 4.78 is 38.9. The zero-order valence-corrected chi connectivity index (χ0v) is 16.1. The molecule has 0 radical (unpaired) electrons. The van der Waals surface area contributed by atoms with Crippen LogP contribution in [-0.4, -0.2) is 38.4 Å². The number of ether oxygens (including phenoxy) is 3. The lowest BCUT2D eigenvalue weighted by atomic mass is 10.2. The molecule has 148 valence electrons. The second kappa shape index (κ2) is 8.54. The maximum Gasteiger partial charge on any atom is 0.383 e. The zero-order chi connectivity index (χ0) is 20.1. The molecule has 2 rings (SSSR count). The quantitative estimate of drug-likeness (QED) is 0.451. The summed E-state index contributed by atoms with van der Waals surface area (Å²) in [6, 6.07) is 14.9. The highest BCUT2D eigenvalue weighted by molar-refractivity contribution is 7.72. The standard InChI is InChI=1S/C16H20O9P2/c1-23-12-16(26(17,18)19,27(20,21)22)25-15-9-7-14(8-10-15)24-11-13-5-3-2-4-6-13/h2-10H,11-12H2,1H3,(H2,17,18,19)(H2,20,21,22). The van der Waals surface area contributed by atoms with Gasteiger partial charge in [-0.25, -0.2) is 0 Å². The summed E-state index contributed by atoms with van der Waals surface area (Å²) >= 11 is 0. The van der Waals surface area contributed by atoms with Crippen LogP contribution in [0.2, 0.25) is 0 Å². The lowest BCUT2D eigenvalue weighted by Gasteiger charge is -2.34. The van der Waals surface area contributed by atoms with E-state index in [1.54, 1.807) is 0 Å². The van der Waals surface area contributed by atoms with E-state index >= 15 is 0 Å². The predicted molar refractivity (Wildman–Crippen MR) is 96.5 cm³/mol. The van der Waals surface area contributed by atoms with Crippen molar-refractivity contribution in [1.82, 2.24) is 0 Å². The Morgan fingerprint density at radius 1 is 0.852 bits per heavy atom. The summed E-state index contributed by atoms with van der Waals surface area (Å²) in [5, 5.41) is -3.14. The van der Waals surface area contributed by atoms with Gasteiger partial charge in [-0.1, -0.05) is 30.3 Å². The molecular formula is C16H20O9P2. The van der Waals surface area contributed by atoms with E-state index in [-0.39, 0.29) is 5.75 Å². The largest absolute Gasteiger partial charge is 0.489 e. The molecule has 0 aliphatic heterocycles. The van der Waals surface area contributed by atoms with Crippen molar-refractivity contribution in [2.45, 2.75) is 11.7 Å². The van der Waals surface area contributed by atoms with Gasteiger partial charge in [0.1, 0.15) is 24.7 Å². The molecule has 0 heterocycles. The van der Waals surface area contributed by atoms with Crippen molar-refractivity contribution in [2.24, 2.45) is 0 Å². The van der Waals surface area contributed by atoms with Gasteiger partial charge in [-0.15, -0.1) is 0 Å². The third-order valence-corrected chi connectivity index (χ3v) is 7.42. The van der Waals surface area contributed by atoms with Gasteiger partial charge in [0.25, 0.3) is 0 Å². The number of hydrogen-bond donors (Lipinski definition) is 4. The lowest BCUT2D eigenvalue weighted by molar-refractivity contribution is 0.0638. The molecule has 0 aromatic heterocycles. The van der Waals surface area contributed by atoms with Crippen molar-refractivity contribution < 1.29 is 42.9 Å². The smallest absolute Gasteiger partial charge is 0.383 e. The normalized spacial score (nSPS) is 12.6. The molecule has 2 aromatic rings. The first-order valence-corrected chi connectivity index (χ1v) is 10.9. The summed E-state index contributed by atoms with van der Waals surface area (Å²) in [7, 11) is -9.79. The number of hydrogen-bond acceptors (Lipinski definition) is 5. The molecule has 2 aromatic carbocycles. The molecule has 0 unspecified atom stereocenters. The van der Waals surface area contributed by atoms with Crippen molar-refractivity contribution in [3.8, 4) is 11.5 Å². The van der Waals surface area contributed by atoms with Gasteiger partial charge in [0, 0.05) is 7.11 Å². The minimum Gasteiger partial charge on any atom is -0.489 e. The first-order valence-electron chi connectivity index (χ1n) is 7.65. The van der Waals surface area contributed by atoms with Gasteiger partial charge in [0.15, 0.2) is 0 Å². The van der Waals surface area contributed by atoms with E-state index in [2.05, 4.69) is 4.74 Å². The third kappa shape index (κ3) is 5.18. The maximum absolute atomic E-state index is 11.8. The first-order chi connectivity index (χ1) is 12.6. The summed E-state index contributed by atoms with van der Waals surface area (Å²) in [5.74, 6) is 0.279. The SMILES string of the molecule is COCC(Oc1ccc(OCc2ccccc2)cc1)(P(=O)(O)O)P(=O)(O)O. The minimum atomic E-state index is -5.42. The van der Waals surface area contributed by atoms with Crippen LogP contribution >= 0.6 is 15.2 Å². The fourth-order valence-electron chi connectivity index (χ4n) is 2.21. The van der Waals surface area contributed by atoms with E-state index in [1.807, 2.05) is 30.3 Å². The first kappa shape index (κ1) is 21.6. The van der Waals surface area contributed by atoms with Gasteiger partial charge in [-0.2, -0.15) is 0 Å². The molecule has 9 nitrogen and oxygen atoms in total. The Morgan fingerprint density at radius 3 is 1.85 bits per heavy atom. The van der Waals surface area contributed by atoms with Crippen molar-refractivity contribution in [3.05, 3.63) is 60.2 Å². The molecule has 0 saturated heterocycles. The molecule has 0 bridgehead atoms. The predicted octanol–water partition coefficient (Wildman–Crippen LogP) is 2.30. The van der Waals surface area contributed by atoms with Gasteiger partial charge >= 0.3 is 20.3 Å². The Hall–Kier alpha value is -1.70. The molecule has 0 atom stereocenters. The summed E-state index contributed by atoms with van der Waals surface area (Å²) in [6.45, 7) is -0.701. The molecule has 4 N–H and O–H groups in total. The number of benzene rings is 2. The highest BCUT2D eigenvalue weighted by atomic mass is 31.2. The molecule has 0 spiro atoms. The molecule has 0 amide bonds. The van der Waals surface area contributed by atoms with E-state index in [0.29, 0.717) is 12.4 Å². The van der Waals surface area contributed by atoms with Crippen LogP contribution < -0.4 is 9.47 Å². The second-order valence-electron chi connectivity index (χ2n) is 5.61. The van der Waals surface area contributed by atoms with Gasteiger partial charge in [-0.3, -0.25) is 9.13 Å². The molecule has 0 fully saturated rings. The molecule has 0 aliphatic rings. The van der Waals surface area contributed by atoms with Gasteiger partial charge < -0.3 is 33.8 Å². The van der Waals surface area contributed by atoms with Gasteiger partial charge in [-0.05, 0) is 29.8 Å². The Kier molecular flexibility index (Phi) is 6.83. The second-order valence-corrected chi connectivity index (χ2v) is 9.59. The average molecular weight is 418 g/mol. The Bertz CT molecular complexity index is 805. The Balaban J connectivity index is 2.19. The highest BCUT2D eigenvalue weighted by Crippen LogP contribution is 2.69. The van der Waals surface area contributed by atoms with E-state index < -0.39 is 26.9 Å². The molecular weight excluding hydrogens is 398 g/mol. The van der Waals surface area contributed by atoms with Gasteiger partial charge in [0.05, 0.1) is 0 Å². The van der Waals surface area contributed by atoms with Crippen molar-refractivity contribution >= 4 is 15.2 Å². The fourth-order valence-corrected chi connectivity index (χ4v) is 4.61. The van der Waals surface area contributed by atoms with Crippen LogP contribution in [0.3, 0.4) is 0 Å². The van der Waals surface area contributed by atoms with Crippen molar-refractivity contribution in [3.63, 3.8) is 0 Å². The Labute approximate surface area is 155 Å². The minimum absolute atomic E-state index is 0.161. The van der Waals surface area contributed by atoms with Crippen LogP contribution in [0.5, 0.6) is 11.5 Å². The molecule has 27 heavy (non-hydrogen) atoms. The van der Waals surface area contributed by atoms with Crippen LogP contribution in [0.1, 0.15) is 5.56 Å². The summed E-state index contributed by atoms with van der Waals surface area (Å²) in [4.78, 5) is 38.0. The summed E-state index contributed by atoms with van der Waals surface area (Å²) in [6.07, 6.45) is 0. The number of rotatable bonds is 9. The van der Waals surface area contributed by atoms with E-state index in [9.17, 15) is 28.7 Å². The van der Waals surface area contributed by atoms with Crippen LogP contribution in [0.25, 0.3) is 0 Å².